The van der Waals surface area contributed by atoms with Crippen LogP contribution in [0.1, 0.15) is 11.3 Å². The Morgan fingerprint density at radius 1 is 1.32 bits per heavy atom. The molecule has 1 aromatic heterocycles. The van der Waals surface area contributed by atoms with Crippen LogP contribution in [0, 0.1) is 6.92 Å². The number of aromatic amines is 1. The molecule has 0 atom stereocenters. The molecule has 0 saturated heterocycles. The number of H-pyrrole nitrogens is 1. The van der Waals surface area contributed by atoms with Crippen molar-refractivity contribution >= 4 is 17.6 Å². The van der Waals surface area contributed by atoms with Gasteiger partial charge < -0.3 is 11.1 Å². The highest BCUT2D eigenvalue weighted by Gasteiger charge is 2.33. The fourth-order valence-electron chi connectivity index (χ4n) is 1.57. The standard InChI is InChI=1S/C13H12F3N5O/c1-7-2-4-8(5-3-7)18-11(17)21-12-19-9(13(14,15)16)6-10(22)20-12/h2-6H,1H3,(H4,17,18,19,20,21,22). The fourth-order valence-corrected chi connectivity index (χ4v) is 1.57. The van der Waals surface area contributed by atoms with E-state index in [1.54, 1.807) is 12.1 Å². The third kappa shape index (κ3) is 4.08. The molecule has 4 N–H and O–H groups in total. The first-order valence-electron chi connectivity index (χ1n) is 6.10. The van der Waals surface area contributed by atoms with Gasteiger partial charge in [-0.25, -0.2) is 4.98 Å². The Hall–Kier alpha value is -2.84. The number of halogens is 3. The number of benzene rings is 1. The molecule has 0 spiro atoms. The zero-order valence-electron chi connectivity index (χ0n) is 11.4. The highest BCUT2D eigenvalue weighted by molar-refractivity contribution is 5.93. The number of anilines is 1. The third-order valence-corrected chi connectivity index (χ3v) is 2.57. The van der Waals surface area contributed by atoms with Crippen molar-refractivity contribution in [2.75, 3.05) is 5.32 Å². The van der Waals surface area contributed by atoms with E-state index < -0.39 is 23.4 Å². The topological polar surface area (TPSA) is 96.2 Å². The van der Waals surface area contributed by atoms with Crippen molar-refractivity contribution in [2.45, 2.75) is 13.1 Å². The first kappa shape index (κ1) is 15.5. The lowest BCUT2D eigenvalue weighted by Gasteiger charge is -2.07. The van der Waals surface area contributed by atoms with Crippen LogP contribution in [-0.4, -0.2) is 15.9 Å². The van der Waals surface area contributed by atoms with Gasteiger partial charge in [0.15, 0.2) is 5.69 Å². The highest BCUT2D eigenvalue weighted by Crippen LogP contribution is 2.27. The lowest BCUT2D eigenvalue weighted by molar-refractivity contribution is -0.141. The second kappa shape index (κ2) is 5.88. The Bertz CT molecular complexity index is 750. The molecule has 0 amide bonds. The van der Waals surface area contributed by atoms with E-state index in [-0.39, 0.29) is 5.96 Å². The van der Waals surface area contributed by atoms with Gasteiger partial charge in [0.05, 0.1) is 0 Å². The van der Waals surface area contributed by atoms with Crippen molar-refractivity contribution in [3.8, 4) is 0 Å². The van der Waals surface area contributed by atoms with Crippen molar-refractivity contribution in [2.24, 2.45) is 10.7 Å². The van der Waals surface area contributed by atoms with Gasteiger partial charge in [0.25, 0.3) is 5.56 Å². The van der Waals surface area contributed by atoms with Crippen LogP contribution in [0.25, 0.3) is 0 Å². The number of guanidine groups is 1. The first-order valence-corrected chi connectivity index (χ1v) is 6.10. The molecule has 2 aromatic rings. The van der Waals surface area contributed by atoms with Crippen LogP contribution in [-0.2, 0) is 6.18 Å². The summed E-state index contributed by atoms with van der Waals surface area (Å²) in [7, 11) is 0. The summed E-state index contributed by atoms with van der Waals surface area (Å²) in [5.74, 6) is -0.733. The monoisotopic (exact) mass is 311 g/mol. The van der Waals surface area contributed by atoms with E-state index >= 15 is 0 Å². The van der Waals surface area contributed by atoms with Crippen molar-refractivity contribution in [1.29, 1.82) is 0 Å². The molecule has 0 bridgehead atoms. The van der Waals surface area contributed by atoms with Gasteiger partial charge in [-0.1, -0.05) is 17.7 Å². The second-order valence-electron chi connectivity index (χ2n) is 4.44. The van der Waals surface area contributed by atoms with Crippen LogP contribution in [0.4, 0.5) is 24.8 Å². The predicted octanol–water partition coefficient (Wildman–Crippen LogP) is 2.16. The van der Waals surface area contributed by atoms with Gasteiger partial charge in [-0.15, -0.1) is 0 Å². The number of hydrogen-bond donors (Lipinski definition) is 3. The predicted molar refractivity (Wildman–Crippen MR) is 75.9 cm³/mol. The molecule has 6 nitrogen and oxygen atoms in total. The van der Waals surface area contributed by atoms with Crippen molar-refractivity contribution < 1.29 is 13.2 Å². The van der Waals surface area contributed by atoms with Gasteiger partial charge in [0, 0.05) is 11.8 Å². The zero-order valence-corrected chi connectivity index (χ0v) is 11.4. The summed E-state index contributed by atoms with van der Waals surface area (Å²) in [6.45, 7) is 1.90. The number of nitrogens with zero attached hydrogens (tertiary/aromatic N) is 2. The first-order chi connectivity index (χ1) is 10.2. The Morgan fingerprint density at radius 3 is 2.55 bits per heavy atom. The number of alkyl halides is 3. The molecule has 0 aliphatic carbocycles. The van der Waals surface area contributed by atoms with Crippen LogP contribution in [0.3, 0.4) is 0 Å². The Balaban J connectivity index is 2.26. The highest BCUT2D eigenvalue weighted by atomic mass is 19.4. The molecule has 1 aromatic carbocycles. The second-order valence-corrected chi connectivity index (χ2v) is 4.44. The molecule has 2 rings (SSSR count). The summed E-state index contributed by atoms with van der Waals surface area (Å²) in [6, 6.07) is 7.43. The van der Waals surface area contributed by atoms with Gasteiger partial charge in [-0.05, 0) is 19.1 Å². The van der Waals surface area contributed by atoms with E-state index in [2.05, 4.69) is 20.3 Å². The maximum Gasteiger partial charge on any atom is 0.433 e. The minimum Gasteiger partial charge on any atom is -0.369 e. The van der Waals surface area contributed by atoms with E-state index in [1.165, 1.54) is 0 Å². The maximum absolute atomic E-state index is 12.6. The third-order valence-electron chi connectivity index (χ3n) is 2.57. The number of nitrogens with one attached hydrogen (secondary N) is 2. The van der Waals surface area contributed by atoms with Crippen LogP contribution >= 0.6 is 0 Å². The van der Waals surface area contributed by atoms with Crippen molar-refractivity contribution in [1.82, 2.24) is 9.97 Å². The molecule has 0 aliphatic rings. The summed E-state index contributed by atoms with van der Waals surface area (Å²) in [6.07, 6.45) is -4.74. The van der Waals surface area contributed by atoms with Crippen LogP contribution in [0.15, 0.2) is 40.1 Å². The molecule has 0 fully saturated rings. The van der Waals surface area contributed by atoms with Crippen molar-refractivity contribution in [3.63, 3.8) is 0 Å². The molecular weight excluding hydrogens is 299 g/mol. The Labute approximate surface area is 122 Å². The quantitative estimate of drug-likeness (QED) is 0.585. The number of nitrogens with two attached hydrogens (primary N) is 1. The normalized spacial score (nSPS) is 12.3. The average molecular weight is 311 g/mol. The van der Waals surface area contributed by atoms with E-state index in [0.717, 1.165) is 5.56 Å². The fraction of sp³-hybridized carbons (Fsp3) is 0.154. The van der Waals surface area contributed by atoms with E-state index in [4.69, 9.17) is 5.73 Å². The molecule has 1 heterocycles. The Kier molecular flexibility index (Phi) is 4.15. The van der Waals surface area contributed by atoms with Crippen LogP contribution < -0.4 is 16.6 Å². The van der Waals surface area contributed by atoms with E-state index in [1.807, 2.05) is 19.1 Å². The smallest absolute Gasteiger partial charge is 0.369 e. The van der Waals surface area contributed by atoms with Gasteiger partial charge in [0.1, 0.15) is 0 Å². The van der Waals surface area contributed by atoms with Crippen LogP contribution in [0.2, 0.25) is 0 Å². The minimum absolute atomic E-state index is 0.202. The molecule has 9 heteroatoms. The summed E-state index contributed by atoms with van der Waals surface area (Å²) in [5.41, 5.74) is 4.91. The molecule has 0 saturated carbocycles. The zero-order chi connectivity index (χ0) is 16.3. The lowest BCUT2D eigenvalue weighted by Crippen LogP contribution is -2.23. The van der Waals surface area contributed by atoms with Gasteiger partial charge in [-0.3, -0.25) is 9.78 Å². The van der Waals surface area contributed by atoms with Crippen LogP contribution in [0.5, 0.6) is 0 Å². The number of aryl methyl sites for hydroxylation is 1. The van der Waals surface area contributed by atoms with E-state index in [9.17, 15) is 18.0 Å². The minimum atomic E-state index is -4.74. The molecule has 0 unspecified atom stereocenters. The summed E-state index contributed by atoms with van der Waals surface area (Å²) in [5, 5.41) is 2.68. The number of aromatic nitrogens is 2. The molecule has 116 valence electrons. The maximum atomic E-state index is 12.6. The molecule has 0 radical (unpaired) electrons. The van der Waals surface area contributed by atoms with Gasteiger partial charge in [-0.2, -0.15) is 18.2 Å². The molecule has 0 aliphatic heterocycles. The van der Waals surface area contributed by atoms with Gasteiger partial charge in [0.2, 0.25) is 11.9 Å². The number of hydrogen-bond acceptors (Lipinski definition) is 3. The number of rotatable bonds is 2. The summed E-state index contributed by atoms with van der Waals surface area (Å²) < 4.78 is 37.7. The van der Waals surface area contributed by atoms with Crippen molar-refractivity contribution in [3.05, 3.63) is 51.9 Å². The molecular formula is C13H12F3N5O. The largest absolute Gasteiger partial charge is 0.433 e. The molecule has 22 heavy (non-hydrogen) atoms. The SMILES string of the molecule is Cc1ccc(N/C(N)=N/c2nc(C(F)(F)F)cc(=O)[nH]2)cc1. The summed E-state index contributed by atoms with van der Waals surface area (Å²) >= 11 is 0. The van der Waals surface area contributed by atoms with Gasteiger partial charge >= 0.3 is 6.18 Å². The lowest BCUT2D eigenvalue weighted by atomic mass is 10.2. The number of aliphatic imine (C=N–C) groups is 1. The summed E-state index contributed by atoms with van der Waals surface area (Å²) in [4.78, 5) is 20.1. The Morgan fingerprint density at radius 2 is 1.95 bits per heavy atom. The average Bonchev–Trinajstić information content (AvgIpc) is 2.39. The van der Waals surface area contributed by atoms with E-state index in [0.29, 0.717) is 11.8 Å².